The third-order valence-electron chi connectivity index (χ3n) is 3.16. The summed E-state index contributed by atoms with van der Waals surface area (Å²) < 4.78 is 10.8. The summed E-state index contributed by atoms with van der Waals surface area (Å²) in [5, 5.41) is 12.9. The second-order valence-corrected chi connectivity index (χ2v) is 4.79. The van der Waals surface area contributed by atoms with Gasteiger partial charge in [-0.1, -0.05) is 12.1 Å². The fourth-order valence-corrected chi connectivity index (χ4v) is 2.08. The van der Waals surface area contributed by atoms with E-state index in [2.05, 4.69) is 5.32 Å². The fourth-order valence-electron chi connectivity index (χ4n) is 2.08. The van der Waals surface area contributed by atoms with Gasteiger partial charge < -0.3 is 19.9 Å². The van der Waals surface area contributed by atoms with Gasteiger partial charge in [0.15, 0.2) is 11.5 Å². The molecule has 0 saturated heterocycles. The molecule has 2 N–H and O–H groups in total. The third kappa shape index (κ3) is 3.81. The zero-order valence-corrected chi connectivity index (χ0v) is 12.6. The molecule has 0 bridgehead atoms. The quantitative estimate of drug-likeness (QED) is 0.850. The van der Waals surface area contributed by atoms with Crippen LogP contribution in [0.5, 0.6) is 17.2 Å². The van der Waals surface area contributed by atoms with Gasteiger partial charge >= 0.3 is 0 Å². The van der Waals surface area contributed by atoms with E-state index in [-0.39, 0.29) is 5.75 Å². The molecule has 0 fully saturated rings. The van der Waals surface area contributed by atoms with Crippen molar-refractivity contribution in [2.45, 2.75) is 20.4 Å². The lowest BCUT2D eigenvalue weighted by Gasteiger charge is -2.14. The molecule has 2 aromatic rings. The molecule has 0 heterocycles. The monoisotopic (exact) mass is 287 g/mol. The van der Waals surface area contributed by atoms with Crippen LogP contribution in [-0.4, -0.2) is 18.8 Å². The summed E-state index contributed by atoms with van der Waals surface area (Å²) in [5.41, 5.74) is 3.14. The van der Waals surface area contributed by atoms with E-state index in [0.29, 0.717) is 18.9 Å². The van der Waals surface area contributed by atoms with E-state index in [1.54, 1.807) is 13.2 Å². The predicted molar refractivity (Wildman–Crippen MR) is 84.3 cm³/mol. The number of aryl methyl sites for hydroxylation is 1. The van der Waals surface area contributed by atoms with Gasteiger partial charge in [-0.25, -0.2) is 0 Å². The van der Waals surface area contributed by atoms with Gasteiger partial charge in [0.2, 0.25) is 0 Å². The Balaban J connectivity index is 2.12. The van der Waals surface area contributed by atoms with Gasteiger partial charge in [-0.2, -0.15) is 0 Å². The number of rotatable bonds is 6. The molecule has 0 unspecified atom stereocenters. The zero-order valence-electron chi connectivity index (χ0n) is 12.6. The Morgan fingerprint density at radius 2 is 1.90 bits per heavy atom. The van der Waals surface area contributed by atoms with Crippen molar-refractivity contribution in [2.24, 2.45) is 0 Å². The molecule has 4 heteroatoms. The number of hydrogen-bond acceptors (Lipinski definition) is 4. The van der Waals surface area contributed by atoms with Crippen molar-refractivity contribution < 1.29 is 14.6 Å². The molecule has 0 radical (unpaired) electrons. The number of hydrogen-bond donors (Lipinski definition) is 2. The highest BCUT2D eigenvalue weighted by atomic mass is 16.5. The van der Waals surface area contributed by atoms with Gasteiger partial charge in [0.05, 0.1) is 19.4 Å². The Kier molecular flexibility index (Phi) is 4.93. The lowest BCUT2D eigenvalue weighted by molar-refractivity contribution is 0.341. The normalized spacial score (nSPS) is 10.2. The van der Waals surface area contributed by atoms with E-state index in [1.165, 1.54) is 0 Å². The van der Waals surface area contributed by atoms with Gasteiger partial charge in [-0.15, -0.1) is 0 Å². The average molecular weight is 287 g/mol. The summed E-state index contributed by atoms with van der Waals surface area (Å²) in [6, 6.07) is 11.4. The summed E-state index contributed by atoms with van der Waals surface area (Å²) >= 11 is 0. The summed E-state index contributed by atoms with van der Waals surface area (Å²) in [7, 11) is 1.54. The van der Waals surface area contributed by atoms with E-state index in [9.17, 15) is 5.11 Å². The summed E-state index contributed by atoms with van der Waals surface area (Å²) in [6.07, 6.45) is 0. The smallest absolute Gasteiger partial charge is 0.160 e. The lowest BCUT2D eigenvalue weighted by Crippen LogP contribution is -2.03. The standard InChI is InChI=1S/C17H21NO3/c1-4-21-16-9-12(2)5-7-14(16)18-11-13-6-8-15(19)17(10-13)20-3/h5-10,18-19H,4,11H2,1-3H3. The Morgan fingerprint density at radius 3 is 2.62 bits per heavy atom. The number of phenols is 1. The molecule has 112 valence electrons. The van der Waals surface area contributed by atoms with Crippen LogP contribution in [-0.2, 0) is 6.54 Å². The largest absolute Gasteiger partial charge is 0.504 e. The van der Waals surface area contributed by atoms with Crippen LogP contribution < -0.4 is 14.8 Å². The van der Waals surface area contributed by atoms with Gasteiger partial charge in [-0.3, -0.25) is 0 Å². The Morgan fingerprint density at radius 1 is 1.10 bits per heavy atom. The maximum Gasteiger partial charge on any atom is 0.160 e. The van der Waals surface area contributed by atoms with E-state index >= 15 is 0 Å². The molecule has 0 atom stereocenters. The van der Waals surface area contributed by atoms with Crippen molar-refractivity contribution >= 4 is 5.69 Å². The van der Waals surface area contributed by atoms with E-state index in [1.807, 2.05) is 44.2 Å². The van der Waals surface area contributed by atoms with Crippen molar-refractivity contribution in [3.63, 3.8) is 0 Å². The molecular weight excluding hydrogens is 266 g/mol. The van der Waals surface area contributed by atoms with Crippen LogP contribution >= 0.6 is 0 Å². The number of benzene rings is 2. The molecule has 0 aliphatic carbocycles. The minimum absolute atomic E-state index is 0.145. The number of anilines is 1. The van der Waals surface area contributed by atoms with Crippen LogP contribution in [0.1, 0.15) is 18.1 Å². The van der Waals surface area contributed by atoms with Gasteiger partial charge in [-0.05, 0) is 49.2 Å². The molecule has 21 heavy (non-hydrogen) atoms. The second kappa shape index (κ2) is 6.88. The van der Waals surface area contributed by atoms with Crippen LogP contribution in [0.25, 0.3) is 0 Å². The molecule has 0 aliphatic rings. The van der Waals surface area contributed by atoms with E-state index < -0.39 is 0 Å². The van der Waals surface area contributed by atoms with Crippen LogP contribution in [0.3, 0.4) is 0 Å². The summed E-state index contributed by atoms with van der Waals surface area (Å²) in [5.74, 6) is 1.47. The Hall–Kier alpha value is -2.36. The van der Waals surface area contributed by atoms with Crippen LogP contribution in [0.4, 0.5) is 5.69 Å². The first-order valence-corrected chi connectivity index (χ1v) is 6.97. The molecule has 0 aliphatic heterocycles. The number of aromatic hydroxyl groups is 1. The highest BCUT2D eigenvalue weighted by Gasteiger charge is 2.06. The molecule has 0 amide bonds. The van der Waals surface area contributed by atoms with Crippen molar-refractivity contribution in [1.82, 2.24) is 0 Å². The highest BCUT2D eigenvalue weighted by Crippen LogP contribution is 2.29. The minimum Gasteiger partial charge on any atom is -0.504 e. The van der Waals surface area contributed by atoms with Crippen molar-refractivity contribution in [1.29, 1.82) is 0 Å². The molecule has 0 saturated carbocycles. The maximum atomic E-state index is 9.60. The van der Waals surface area contributed by atoms with E-state index in [4.69, 9.17) is 9.47 Å². The van der Waals surface area contributed by atoms with Gasteiger partial charge in [0.1, 0.15) is 5.75 Å². The number of ether oxygens (including phenoxy) is 2. The van der Waals surface area contributed by atoms with Crippen molar-refractivity contribution in [2.75, 3.05) is 19.0 Å². The molecule has 4 nitrogen and oxygen atoms in total. The number of methoxy groups -OCH3 is 1. The molecular formula is C17H21NO3. The third-order valence-corrected chi connectivity index (χ3v) is 3.16. The predicted octanol–water partition coefficient (Wildman–Crippen LogP) is 3.72. The first-order chi connectivity index (χ1) is 10.1. The molecule has 2 aromatic carbocycles. The first kappa shape index (κ1) is 15.0. The van der Waals surface area contributed by atoms with Gasteiger partial charge in [0.25, 0.3) is 0 Å². The topological polar surface area (TPSA) is 50.7 Å². The lowest BCUT2D eigenvalue weighted by atomic mass is 10.1. The maximum absolute atomic E-state index is 9.60. The fraction of sp³-hybridized carbons (Fsp3) is 0.294. The average Bonchev–Trinajstić information content (AvgIpc) is 2.48. The Bertz CT molecular complexity index is 611. The van der Waals surface area contributed by atoms with Crippen LogP contribution in [0.15, 0.2) is 36.4 Å². The zero-order chi connectivity index (χ0) is 15.2. The molecule has 0 spiro atoms. The first-order valence-electron chi connectivity index (χ1n) is 6.97. The highest BCUT2D eigenvalue weighted by molar-refractivity contribution is 5.58. The van der Waals surface area contributed by atoms with Crippen LogP contribution in [0, 0.1) is 6.92 Å². The molecule has 0 aromatic heterocycles. The second-order valence-electron chi connectivity index (χ2n) is 4.79. The van der Waals surface area contributed by atoms with Crippen LogP contribution in [0.2, 0.25) is 0 Å². The summed E-state index contributed by atoms with van der Waals surface area (Å²) in [6.45, 7) is 5.26. The minimum atomic E-state index is 0.145. The van der Waals surface area contributed by atoms with Gasteiger partial charge in [0, 0.05) is 6.54 Å². The molecule has 2 rings (SSSR count). The number of phenolic OH excluding ortho intramolecular Hbond substituents is 1. The van der Waals surface area contributed by atoms with Crippen molar-refractivity contribution in [3.05, 3.63) is 47.5 Å². The van der Waals surface area contributed by atoms with E-state index in [0.717, 1.165) is 22.6 Å². The van der Waals surface area contributed by atoms with Crippen molar-refractivity contribution in [3.8, 4) is 17.2 Å². The number of nitrogens with one attached hydrogen (secondary N) is 1. The Labute approximate surface area is 125 Å². The SMILES string of the molecule is CCOc1cc(C)ccc1NCc1ccc(O)c(OC)c1. The summed E-state index contributed by atoms with van der Waals surface area (Å²) in [4.78, 5) is 0.